The third kappa shape index (κ3) is 6.32. The number of carbonyl (C=O) groups is 1. The molecule has 1 aromatic heterocycles. The zero-order valence-corrected chi connectivity index (χ0v) is 18.6. The highest BCUT2D eigenvalue weighted by atomic mass is 16.5. The summed E-state index contributed by atoms with van der Waals surface area (Å²) in [6.45, 7) is 4.50. The molecule has 0 spiro atoms. The van der Waals surface area contributed by atoms with E-state index in [4.69, 9.17) is 14.8 Å². The van der Waals surface area contributed by atoms with Crippen LogP contribution >= 0.6 is 0 Å². The molecule has 0 amide bonds. The van der Waals surface area contributed by atoms with Crippen molar-refractivity contribution in [2.45, 2.75) is 51.1 Å². The Morgan fingerprint density at radius 1 is 1.06 bits per heavy atom. The number of nitrogens with zero attached hydrogens (tertiary/aromatic N) is 4. The topological polar surface area (TPSA) is 90.8 Å². The Bertz CT molecular complexity index is 877. The van der Waals surface area contributed by atoms with Gasteiger partial charge in [-0.25, -0.2) is 9.78 Å². The molecule has 1 aromatic carbocycles. The van der Waals surface area contributed by atoms with Gasteiger partial charge in [-0.15, -0.1) is 0 Å². The Labute approximate surface area is 189 Å². The monoisotopic (exact) mass is 439 g/mol. The first-order chi connectivity index (χ1) is 15.7. The van der Waals surface area contributed by atoms with E-state index < -0.39 is 5.97 Å². The molecule has 0 bridgehead atoms. The van der Waals surface area contributed by atoms with Crippen LogP contribution in [0.15, 0.2) is 36.5 Å². The number of rotatable bonds is 8. The fourth-order valence-electron chi connectivity index (χ4n) is 4.47. The van der Waals surface area contributed by atoms with Crippen LogP contribution in [0.4, 0.5) is 11.8 Å². The van der Waals surface area contributed by atoms with Crippen molar-refractivity contribution in [3.05, 3.63) is 42.1 Å². The van der Waals surface area contributed by atoms with Crippen molar-refractivity contribution in [2.24, 2.45) is 0 Å². The fraction of sp³-hybridized carbons (Fsp3) is 0.542. The quantitative estimate of drug-likeness (QED) is 0.647. The normalized spacial score (nSPS) is 18.2. The second kappa shape index (κ2) is 11.1. The van der Waals surface area contributed by atoms with E-state index in [0.29, 0.717) is 11.8 Å². The van der Waals surface area contributed by atoms with Crippen molar-refractivity contribution in [3.8, 4) is 5.75 Å². The maximum Gasteiger partial charge on any atom is 0.341 e. The molecule has 2 fully saturated rings. The molecule has 32 heavy (non-hydrogen) atoms. The molecule has 0 radical (unpaired) electrons. The zero-order valence-electron chi connectivity index (χ0n) is 18.6. The molecule has 8 nitrogen and oxygen atoms in total. The minimum absolute atomic E-state index is 0.320. The van der Waals surface area contributed by atoms with Crippen molar-refractivity contribution in [3.63, 3.8) is 0 Å². The molecule has 2 saturated heterocycles. The molecule has 2 aromatic rings. The van der Waals surface area contributed by atoms with Gasteiger partial charge in [0.15, 0.2) is 6.61 Å². The number of benzene rings is 1. The van der Waals surface area contributed by atoms with E-state index in [1.807, 2.05) is 36.5 Å². The number of hydrogen-bond donors (Lipinski definition) is 2. The smallest absolute Gasteiger partial charge is 0.341 e. The zero-order chi connectivity index (χ0) is 22.2. The number of nitrogens with one attached hydrogen (secondary N) is 1. The summed E-state index contributed by atoms with van der Waals surface area (Å²) in [5.41, 5.74) is 1.02. The Morgan fingerprint density at radius 3 is 2.56 bits per heavy atom. The second-order valence-electron chi connectivity index (χ2n) is 8.62. The van der Waals surface area contributed by atoms with E-state index in [2.05, 4.69) is 20.1 Å². The summed E-state index contributed by atoms with van der Waals surface area (Å²) in [6, 6.07) is 10.0. The van der Waals surface area contributed by atoms with Crippen LogP contribution in [-0.4, -0.2) is 64.8 Å². The third-order valence-corrected chi connectivity index (χ3v) is 6.21. The van der Waals surface area contributed by atoms with E-state index in [1.165, 1.54) is 25.7 Å². The van der Waals surface area contributed by atoms with Crippen LogP contribution in [0.2, 0.25) is 0 Å². The second-order valence-corrected chi connectivity index (χ2v) is 8.62. The van der Waals surface area contributed by atoms with Crippen molar-refractivity contribution in [2.75, 3.05) is 43.0 Å². The molecule has 0 saturated carbocycles. The predicted molar refractivity (Wildman–Crippen MR) is 124 cm³/mol. The summed E-state index contributed by atoms with van der Waals surface area (Å²) < 4.78 is 5.45. The number of aliphatic carboxylic acids is 1. The van der Waals surface area contributed by atoms with Gasteiger partial charge in [0.05, 0.1) is 0 Å². The van der Waals surface area contributed by atoms with Gasteiger partial charge in [0, 0.05) is 50.5 Å². The van der Waals surface area contributed by atoms with E-state index in [-0.39, 0.29) is 6.61 Å². The largest absolute Gasteiger partial charge is 0.482 e. The van der Waals surface area contributed by atoms with Crippen molar-refractivity contribution < 1.29 is 14.6 Å². The maximum atomic E-state index is 10.8. The first kappa shape index (κ1) is 22.3. The molecule has 2 N–H and O–H groups in total. The van der Waals surface area contributed by atoms with Crippen LogP contribution in [0, 0.1) is 0 Å². The highest BCUT2D eigenvalue weighted by molar-refractivity contribution is 5.68. The number of para-hydroxylation sites is 1. The van der Waals surface area contributed by atoms with Crippen molar-refractivity contribution in [1.29, 1.82) is 0 Å². The van der Waals surface area contributed by atoms with Crippen LogP contribution in [-0.2, 0) is 11.3 Å². The molecule has 0 unspecified atom stereocenters. The summed E-state index contributed by atoms with van der Waals surface area (Å²) in [4.78, 5) is 24.8. The minimum atomic E-state index is -0.964. The van der Waals surface area contributed by atoms with Crippen LogP contribution in [0.3, 0.4) is 0 Å². The van der Waals surface area contributed by atoms with E-state index in [0.717, 1.165) is 62.9 Å². The van der Waals surface area contributed by atoms with Crippen molar-refractivity contribution in [1.82, 2.24) is 14.9 Å². The molecular weight excluding hydrogens is 406 g/mol. The highest BCUT2D eigenvalue weighted by Crippen LogP contribution is 2.23. The molecule has 0 atom stereocenters. The number of carboxylic acid groups (broad SMARTS) is 1. The van der Waals surface area contributed by atoms with Gasteiger partial charge in [-0.1, -0.05) is 31.0 Å². The van der Waals surface area contributed by atoms with Crippen LogP contribution in [0.25, 0.3) is 0 Å². The van der Waals surface area contributed by atoms with E-state index >= 15 is 0 Å². The molecule has 8 heteroatoms. The Balaban J connectivity index is 1.28. The van der Waals surface area contributed by atoms with Gasteiger partial charge >= 0.3 is 5.97 Å². The first-order valence-corrected chi connectivity index (χ1v) is 11.7. The minimum Gasteiger partial charge on any atom is -0.482 e. The Hall–Kier alpha value is -2.87. The van der Waals surface area contributed by atoms with Gasteiger partial charge in [-0.05, 0) is 37.8 Å². The van der Waals surface area contributed by atoms with Gasteiger partial charge in [-0.3, -0.25) is 4.90 Å². The van der Waals surface area contributed by atoms with Crippen LogP contribution in [0.1, 0.15) is 44.1 Å². The number of ether oxygens (including phenoxy) is 1. The molecule has 4 rings (SSSR count). The lowest BCUT2D eigenvalue weighted by Crippen LogP contribution is -2.39. The molecule has 0 aliphatic carbocycles. The molecule has 2 aliphatic heterocycles. The summed E-state index contributed by atoms with van der Waals surface area (Å²) in [5, 5.41) is 12.4. The Kier molecular flexibility index (Phi) is 7.77. The van der Waals surface area contributed by atoms with Gasteiger partial charge < -0.3 is 20.1 Å². The van der Waals surface area contributed by atoms with Gasteiger partial charge in [0.25, 0.3) is 0 Å². The van der Waals surface area contributed by atoms with Gasteiger partial charge in [0.1, 0.15) is 11.6 Å². The lowest BCUT2D eigenvalue weighted by molar-refractivity contribution is -0.139. The summed E-state index contributed by atoms with van der Waals surface area (Å²) in [7, 11) is 0. The lowest BCUT2D eigenvalue weighted by Gasteiger charge is -2.32. The number of likely N-dealkylation sites (tertiary alicyclic amines) is 1. The highest BCUT2D eigenvalue weighted by Gasteiger charge is 2.21. The predicted octanol–water partition coefficient (Wildman–Crippen LogP) is 3.40. The number of hydrogen-bond acceptors (Lipinski definition) is 7. The average molecular weight is 440 g/mol. The SMILES string of the molecule is O=C(O)COc1ccccc1CN1CCC(Nc2nccc(N3CCCCCC3)n2)CC1. The van der Waals surface area contributed by atoms with E-state index in [9.17, 15) is 4.79 Å². The molecule has 3 heterocycles. The van der Waals surface area contributed by atoms with Crippen LogP contribution in [0.5, 0.6) is 5.75 Å². The number of aromatic nitrogens is 2. The maximum absolute atomic E-state index is 10.8. The van der Waals surface area contributed by atoms with E-state index in [1.54, 1.807) is 0 Å². The van der Waals surface area contributed by atoms with Crippen LogP contribution < -0.4 is 15.0 Å². The average Bonchev–Trinajstić information content (AvgIpc) is 3.10. The number of anilines is 2. The summed E-state index contributed by atoms with van der Waals surface area (Å²) in [5.74, 6) is 1.43. The number of piperidine rings is 1. The number of carboxylic acids is 1. The summed E-state index contributed by atoms with van der Waals surface area (Å²) >= 11 is 0. The Morgan fingerprint density at radius 2 is 1.81 bits per heavy atom. The first-order valence-electron chi connectivity index (χ1n) is 11.7. The molecule has 172 valence electrons. The standard InChI is InChI=1S/C24H33N5O3/c30-23(31)18-32-21-8-4-3-7-19(21)17-28-15-10-20(11-16-28)26-24-25-12-9-22(27-24)29-13-5-1-2-6-14-29/h3-4,7-9,12,20H,1-2,5-6,10-11,13-18H2,(H,30,31)(H,25,26,27). The van der Waals surface area contributed by atoms with Gasteiger partial charge in [-0.2, -0.15) is 4.98 Å². The van der Waals surface area contributed by atoms with Crippen molar-refractivity contribution >= 4 is 17.7 Å². The fourth-order valence-corrected chi connectivity index (χ4v) is 4.47. The van der Waals surface area contributed by atoms with Gasteiger partial charge in [0.2, 0.25) is 5.95 Å². The molecule has 2 aliphatic rings. The third-order valence-electron chi connectivity index (χ3n) is 6.21. The summed E-state index contributed by atoms with van der Waals surface area (Å²) in [6.07, 6.45) is 8.96. The molecular formula is C24H33N5O3. The lowest BCUT2D eigenvalue weighted by atomic mass is 10.0.